The Balaban J connectivity index is 1.64. The van der Waals surface area contributed by atoms with E-state index in [1.807, 2.05) is 0 Å². The maximum absolute atomic E-state index is 13.4. The van der Waals surface area contributed by atoms with Crippen LogP contribution < -0.4 is 0 Å². The molecule has 0 spiro atoms. The summed E-state index contributed by atoms with van der Waals surface area (Å²) in [6, 6.07) is 15.4. The van der Waals surface area contributed by atoms with Crippen LogP contribution in [0.3, 0.4) is 0 Å². The second-order valence-electron chi connectivity index (χ2n) is 9.05. The zero-order valence-corrected chi connectivity index (χ0v) is 18.7. The van der Waals surface area contributed by atoms with E-state index in [9.17, 15) is 4.79 Å². The first kappa shape index (κ1) is 20.8. The van der Waals surface area contributed by atoms with Crippen LogP contribution in [0.4, 0.5) is 0 Å². The number of carbonyl (C=O) groups excluding carboxylic acids is 1. The highest BCUT2D eigenvalue weighted by Crippen LogP contribution is 2.34. The summed E-state index contributed by atoms with van der Waals surface area (Å²) >= 11 is 0. The number of nitrogens with zero attached hydrogens (tertiary/aromatic N) is 3. The third-order valence-electron chi connectivity index (χ3n) is 6.61. The molecule has 1 amide bonds. The lowest BCUT2D eigenvalue weighted by molar-refractivity contribution is -0.135. The van der Waals surface area contributed by atoms with E-state index in [0.29, 0.717) is 12.6 Å². The molecule has 2 aliphatic rings. The molecule has 0 unspecified atom stereocenters. The fourth-order valence-electron chi connectivity index (χ4n) is 4.64. The van der Waals surface area contributed by atoms with Crippen molar-refractivity contribution in [1.29, 1.82) is 0 Å². The highest BCUT2D eigenvalue weighted by Gasteiger charge is 2.35. The number of benzene rings is 2. The summed E-state index contributed by atoms with van der Waals surface area (Å²) in [4.78, 5) is 15.7. The van der Waals surface area contributed by atoms with E-state index in [-0.39, 0.29) is 11.9 Å². The molecule has 0 aromatic heterocycles. The highest BCUT2D eigenvalue weighted by molar-refractivity contribution is 6.04. The van der Waals surface area contributed by atoms with Gasteiger partial charge in [-0.05, 0) is 64.3 Å². The lowest BCUT2D eigenvalue weighted by atomic mass is 9.94. The van der Waals surface area contributed by atoms with Crippen LogP contribution in [0.5, 0.6) is 0 Å². The number of hydrogen-bond acceptors (Lipinski definition) is 3. The van der Waals surface area contributed by atoms with E-state index in [2.05, 4.69) is 75.1 Å². The number of likely N-dealkylation sites (tertiary alicyclic amines) is 1. The molecule has 2 aliphatic heterocycles. The molecule has 30 heavy (non-hydrogen) atoms. The van der Waals surface area contributed by atoms with E-state index >= 15 is 0 Å². The van der Waals surface area contributed by atoms with Crippen molar-refractivity contribution >= 4 is 11.6 Å². The van der Waals surface area contributed by atoms with Crippen molar-refractivity contribution in [2.75, 3.05) is 13.1 Å². The van der Waals surface area contributed by atoms with Crippen LogP contribution in [0, 0.1) is 20.8 Å². The van der Waals surface area contributed by atoms with Crippen LogP contribution in [-0.2, 0) is 4.79 Å². The van der Waals surface area contributed by atoms with Crippen LogP contribution in [0.2, 0.25) is 0 Å². The van der Waals surface area contributed by atoms with Gasteiger partial charge in [0.05, 0.1) is 18.3 Å². The van der Waals surface area contributed by atoms with E-state index in [1.165, 1.54) is 36.0 Å². The molecule has 2 aromatic rings. The minimum Gasteiger partial charge on any atom is -0.292 e. The Morgan fingerprint density at radius 1 is 1.03 bits per heavy atom. The standard InChI is InChI=1S/C26H33N3O/c1-18-9-12-22(13-10-18)25-16-24(23-15-19(2)8-11-20(23)3)27-29(25)26(30)17-28-14-6-5-7-21(28)4/h8-13,15,21,25H,5-7,14,16-17H2,1-4H3/t21-,25-/m0/s1. The number of rotatable bonds is 4. The monoisotopic (exact) mass is 403 g/mol. The summed E-state index contributed by atoms with van der Waals surface area (Å²) in [6.07, 6.45) is 4.37. The van der Waals surface area contributed by atoms with Gasteiger partial charge in [0.25, 0.3) is 5.91 Å². The van der Waals surface area contributed by atoms with Crippen molar-refractivity contribution in [1.82, 2.24) is 9.91 Å². The molecule has 4 nitrogen and oxygen atoms in total. The number of aryl methyl sites for hydroxylation is 3. The van der Waals surface area contributed by atoms with Gasteiger partial charge in [-0.1, -0.05) is 53.9 Å². The van der Waals surface area contributed by atoms with Crippen molar-refractivity contribution in [2.45, 2.75) is 65.5 Å². The predicted octanol–water partition coefficient (Wildman–Crippen LogP) is 5.16. The Labute approximate surface area is 180 Å². The van der Waals surface area contributed by atoms with Crippen molar-refractivity contribution < 1.29 is 4.79 Å². The molecular formula is C26H33N3O. The molecule has 0 saturated carbocycles. The van der Waals surface area contributed by atoms with Crippen molar-refractivity contribution in [3.8, 4) is 0 Å². The molecule has 0 radical (unpaired) electrons. The molecule has 4 rings (SSSR count). The number of piperidine rings is 1. The van der Waals surface area contributed by atoms with Gasteiger partial charge in [0.2, 0.25) is 0 Å². The summed E-state index contributed by atoms with van der Waals surface area (Å²) in [5, 5.41) is 6.67. The predicted molar refractivity (Wildman–Crippen MR) is 123 cm³/mol. The first-order valence-corrected chi connectivity index (χ1v) is 11.2. The van der Waals surface area contributed by atoms with Crippen molar-refractivity contribution in [2.24, 2.45) is 5.10 Å². The number of hydrogen-bond donors (Lipinski definition) is 0. The van der Waals surface area contributed by atoms with Crippen molar-refractivity contribution in [3.05, 3.63) is 70.3 Å². The summed E-state index contributed by atoms with van der Waals surface area (Å²) < 4.78 is 0. The van der Waals surface area contributed by atoms with Crippen LogP contribution in [0.1, 0.15) is 66.5 Å². The van der Waals surface area contributed by atoms with Crippen LogP contribution >= 0.6 is 0 Å². The van der Waals surface area contributed by atoms with Gasteiger partial charge in [0.15, 0.2) is 0 Å². The maximum atomic E-state index is 13.4. The Morgan fingerprint density at radius 2 is 1.77 bits per heavy atom. The maximum Gasteiger partial charge on any atom is 0.257 e. The normalized spacial score (nSPS) is 22.3. The molecule has 0 N–H and O–H groups in total. The van der Waals surface area contributed by atoms with Gasteiger partial charge in [0, 0.05) is 18.0 Å². The molecular weight excluding hydrogens is 370 g/mol. The molecule has 1 saturated heterocycles. The van der Waals surface area contributed by atoms with Crippen LogP contribution in [-0.4, -0.2) is 40.7 Å². The smallest absolute Gasteiger partial charge is 0.257 e. The Bertz CT molecular complexity index is 947. The first-order chi connectivity index (χ1) is 14.4. The first-order valence-electron chi connectivity index (χ1n) is 11.2. The minimum absolute atomic E-state index is 0.0342. The third-order valence-corrected chi connectivity index (χ3v) is 6.61. The second kappa shape index (κ2) is 8.73. The third kappa shape index (κ3) is 4.34. The van der Waals surface area contributed by atoms with Gasteiger partial charge in [-0.25, -0.2) is 5.01 Å². The molecule has 1 fully saturated rings. The molecule has 158 valence electrons. The number of amides is 1. The summed E-state index contributed by atoms with van der Waals surface area (Å²) in [6.45, 7) is 10.0. The van der Waals surface area contributed by atoms with E-state index in [0.717, 1.165) is 29.8 Å². The van der Waals surface area contributed by atoms with E-state index < -0.39 is 0 Å². The lowest BCUT2D eigenvalue weighted by Gasteiger charge is -2.34. The topological polar surface area (TPSA) is 35.9 Å². The van der Waals surface area contributed by atoms with E-state index in [4.69, 9.17) is 5.10 Å². The minimum atomic E-state index is -0.0342. The average Bonchev–Trinajstić information content (AvgIpc) is 3.17. The Hall–Kier alpha value is -2.46. The van der Waals surface area contributed by atoms with Gasteiger partial charge in [-0.2, -0.15) is 5.10 Å². The highest BCUT2D eigenvalue weighted by atomic mass is 16.2. The molecule has 2 atom stereocenters. The second-order valence-corrected chi connectivity index (χ2v) is 9.05. The average molecular weight is 404 g/mol. The largest absolute Gasteiger partial charge is 0.292 e. The summed E-state index contributed by atoms with van der Waals surface area (Å²) in [5.41, 5.74) is 6.99. The quantitative estimate of drug-likeness (QED) is 0.706. The van der Waals surface area contributed by atoms with Gasteiger partial charge in [-0.3, -0.25) is 9.69 Å². The van der Waals surface area contributed by atoms with Gasteiger partial charge < -0.3 is 0 Å². The Morgan fingerprint density at radius 3 is 2.50 bits per heavy atom. The molecule has 2 aromatic carbocycles. The summed E-state index contributed by atoms with van der Waals surface area (Å²) in [5.74, 6) is 0.106. The summed E-state index contributed by atoms with van der Waals surface area (Å²) in [7, 11) is 0. The van der Waals surface area contributed by atoms with Crippen LogP contribution in [0.25, 0.3) is 0 Å². The fraction of sp³-hybridized carbons (Fsp3) is 0.462. The zero-order chi connectivity index (χ0) is 21.3. The SMILES string of the molecule is Cc1ccc([C@@H]2CC(c3cc(C)ccc3C)=NN2C(=O)CN2CCCC[C@@H]2C)cc1. The van der Waals surface area contributed by atoms with Gasteiger partial charge in [-0.15, -0.1) is 0 Å². The van der Waals surface area contributed by atoms with E-state index in [1.54, 1.807) is 5.01 Å². The zero-order valence-electron chi connectivity index (χ0n) is 18.7. The Kier molecular flexibility index (Phi) is 6.05. The molecule has 2 heterocycles. The number of hydrazone groups is 1. The molecule has 0 bridgehead atoms. The molecule has 4 heteroatoms. The lowest BCUT2D eigenvalue weighted by Crippen LogP contribution is -2.44. The number of carbonyl (C=O) groups is 1. The van der Waals surface area contributed by atoms with Gasteiger partial charge >= 0.3 is 0 Å². The molecule has 0 aliphatic carbocycles. The fourth-order valence-corrected chi connectivity index (χ4v) is 4.64. The van der Waals surface area contributed by atoms with Crippen LogP contribution in [0.15, 0.2) is 47.6 Å². The van der Waals surface area contributed by atoms with Crippen molar-refractivity contribution in [3.63, 3.8) is 0 Å². The van der Waals surface area contributed by atoms with Gasteiger partial charge in [0.1, 0.15) is 0 Å².